The van der Waals surface area contributed by atoms with Crippen molar-refractivity contribution in [2.75, 3.05) is 11.9 Å². The molecule has 1 unspecified atom stereocenters. The maximum Gasteiger partial charge on any atom is 0.246 e. The van der Waals surface area contributed by atoms with Gasteiger partial charge >= 0.3 is 0 Å². The van der Waals surface area contributed by atoms with E-state index in [0.29, 0.717) is 6.54 Å². The predicted octanol–water partition coefficient (Wildman–Crippen LogP) is 1.52. The Kier molecular flexibility index (Phi) is 2.67. The summed E-state index contributed by atoms with van der Waals surface area (Å²) in [6, 6.07) is 3.69. The molecule has 1 amide bonds. The molecule has 0 radical (unpaired) electrons. The maximum absolute atomic E-state index is 11.8. The maximum atomic E-state index is 11.8. The molecule has 1 atom stereocenters. The molecule has 3 nitrogen and oxygen atoms in total. The number of hydrogen-bond acceptors (Lipinski definition) is 2. The number of nitrogens with one attached hydrogen (secondary N) is 2. The molecule has 0 saturated carbocycles. The van der Waals surface area contributed by atoms with Gasteiger partial charge in [0.25, 0.3) is 0 Å². The summed E-state index contributed by atoms with van der Waals surface area (Å²) in [6.45, 7) is 4.44. The van der Waals surface area contributed by atoms with Crippen LogP contribution in [0.4, 0.5) is 5.69 Å². The fraction of sp³-hybridized carbons (Fsp3) is 0.308. The second kappa shape index (κ2) is 3.99. The first kappa shape index (κ1) is 10.7. The second-order valence-corrected chi connectivity index (χ2v) is 3.98. The van der Waals surface area contributed by atoms with Crippen molar-refractivity contribution in [3.8, 4) is 12.3 Å². The molecule has 1 aromatic carbocycles. The molecule has 0 bridgehead atoms. The fourth-order valence-corrected chi connectivity index (χ4v) is 1.94. The van der Waals surface area contributed by atoms with Crippen LogP contribution in [0.1, 0.15) is 22.7 Å². The largest absolute Gasteiger partial charge is 0.324 e. The summed E-state index contributed by atoms with van der Waals surface area (Å²) in [6.07, 6.45) is 5.18. The van der Waals surface area contributed by atoms with Gasteiger partial charge in [-0.2, -0.15) is 0 Å². The van der Waals surface area contributed by atoms with Crippen LogP contribution in [-0.4, -0.2) is 12.5 Å². The summed E-state index contributed by atoms with van der Waals surface area (Å²) in [4.78, 5) is 11.8. The number of terminal acetylenes is 1. The van der Waals surface area contributed by atoms with E-state index < -0.39 is 0 Å². The van der Waals surface area contributed by atoms with E-state index in [0.717, 1.165) is 16.8 Å². The van der Waals surface area contributed by atoms with Gasteiger partial charge in [0, 0.05) is 11.3 Å². The lowest BCUT2D eigenvalue weighted by Crippen LogP contribution is -2.27. The average Bonchev–Trinajstić information content (AvgIpc) is 2.58. The highest BCUT2D eigenvalue weighted by Crippen LogP contribution is 2.34. The van der Waals surface area contributed by atoms with Gasteiger partial charge in [0.1, 0.15) is 6.04 Å². The highest BCUT2D eigenvalue weighted by molar-refractivity contribution is 6.03. The highest BCUT2D eigenvalue weighted by Gasteiger charge is 2.30. The molecular formula is C13H14N2O. The topological polar surface area (TPSA) is 41.1 Å². The Labute approximate surface area is 95.2 Å². The third-order valence-corrected chi connectivity index (χ3v) is 3.00. The summed E-state index contributed by atoms with van der Waals surface area (Å²) in [7, 11) is 0. The molecule has 2 N–H and O–H groups in total. The first-order chi connectivity index (χ1) is 7.65. The van der Waals surface area contributed by atoms with E-state index in [1.165, 1.54) is 5.56 Å². The number of carbonyl (C=O) groups excluding carboxylic acids is 1. The first-order valence-corrected chi connectivity index (χ1v) is 5.23. The van der Waals surface area contributed by atoms with Crippen molar-refractivity contribution in [1.29, 1.82) is 0 Å². The van der Waals surface area contributed by atoms with Gasteiger partial charge < -0.3 is 5.32 Å². The Morgan fingerprint density at radius 2 is 2.25 bits per heavy atom. The zero-order chi connectivity index (χ0) is 11.7. The molecular weight excluding hydrogens is 200 g/mol. The van der Waals surface area contributed by atoms with E-state index in [4.69, 9.17) is 6.42 Å². The van der Waals surface area contributed by atoms with E-state index in [1.807, 2.05) is 26.0 Å². The van der Waals surface area contributed by atoms with Gasteiger partial charge in [-0.1, -0.05) is 18.1 Å². The van der Waals surface area contributed by atoms with E-state index in [2.05, 4.69) is 16.6 Å². The molecule has 0 spiro atoms. The number of hydrogen-bond donors (Lipinski definition) is 2. The number of benzene rings is 1. The highest BCUT2D eigenvalue weighted by atomic mass is 16.2. The zero-order valence-corrected chi connectivity index (χ0v) is 9.42. The van der Waals surface area contributed by atoms with Gasteiger partial charge in [0.15, 0.2) is 0 Å². The summed E-state index contributed by atoms with van der Waals surface area (Å²) < 4.78 is 0. The molecule has 3 heteroatoms. The Morgan fingerprint density at radius 1 is 1.50 bits per heavy atom. The molecule has 0 aromatic heterocycles. The lowest BCUT2D eigenvalue weighted by Gasteiger charge is -2.10. The van der Waals surface area contributed by atoms with Crippen molar-refractivity contribution < 1.29 is 4.79 Å². The molecule has 1 heterocycles. The third kappa shape index (κ3) is 1.58. The number of carbonyl (C=O) groups is 1. The number of amides is 1. The monoisotopic (exact) mass is 214 g/mol. The fourth-order valence-electron chi connectivity index (χ4n) is 1.94. The molecule has 82 valence electrons. The Hall–Kier alpha value is -1.79. The number of aryl methyl sites for hydroxylation is 1. The second-order valence-electron chi connectivity index (χ2n) is 3.98. The van der Waals surface area contributed by atoms with Crippen molar-refractivity contribution in [2.45, 2.75) is 19.9 Å². The SMILES string of the molecule is C#CCNC1C(=O)Nc2c1ccc(C)c2C. The molecule has 1 aliphatic heterocycles. The van der Waals surface area contributed by atoms with Crippen LogP contribution in [0.15, 0.2) is 12.1 Å². The molecule has 1 aromatic rings. The Balaban J connectivity index is 2.39. The van der Waals surface area contributed by atoms with Crippen LogP contribution < -0.4 is 10.6 Å². The first-order valence-electron chi connectivity index (χ1n) is 5.23. The molecule has 0 aliphatic carbocycles. The number of fused-ring (bicyclic) bond motifs is 1. The van der Waals surface area contributed by atoms with Crippen LogP contribution in [0.5, 0.6) is 0 Å². The van der Waals surface area contributed by atoms with Crippen molar-refractivity contribution in [1.82, 2.24) is 5.32 Å². The minimum absolute atomic E-state index is 0.0287. The number of anilines is 1. The van der Waals surface area contributed by atoms with E-state index in [9.17, 15) is 4.79 Å². The van der Waals surface area contributed by atoms with Gasteiger partial charge in [-0.05, 0) is 25.0 Å². The zero-order valence-electron chi connectivity index (χ0n) is 9.42. The lowest BCUT2D eigenvalue weighted by molar-refractivity contribution is -0.117. The quantitative estimate of drug-likeness (QED) is 0.733. The summed E-state index contributed by atoms with van der Waals surface area (Å²) in [5.41, 5.74) is 4.22. The minimum Gasteiger partial charge on any atom is -0.324 e. The van der Waals surface area contributed by atoms with Crippen molar-refractivity contribution in [3.63, 3.8) is 0 Å². The molecule has 0 saturated heterocycles. The Morgan fingerprint density at radius 3 is 2.94 bits per heavy atom. The average molecular weight is 214 g/mol. The van der Waals surface area contributed by atoms with Gasteiger partial charge in [-0.3, -0.25) is 10.1 Å². The smallest absolute Gasteiger partial charge is 0.246 e. The van der Waals surface area contributed by atoms with E-state index in [-0.39, 0.29) is 11.9 Å². The molecule has 16 heavy (non-hydrogen) atoms. The number of rotatable bonds is 2. The van der Waals surface area contributed by atoms with Gasteiger partial charge in [-0.15, -0.1) is 6.42 Å². The van der Waals surface area contributed by atoms with Crippen LogP contribution >= 0.6 is 0 Å². The predicted molar refractivity (Wildman–Crippen MR) is 64.1 cm³/mol. The van der Waals surface area contributed by atoms with Crippen molar-refractivity contribution in [3.05, 3.63) is 28.8 Å². The van der Waals surface area contributed by atoms with E-state index >= 15 is 0 Å². The normalized spacial score (nSPS) is 17.8. The minimum atomic E-state index is -0.314. The Bertz CT molecular complexity index is 485. The summed E-state index contributed by atoms with van der Waals surface area (Å²) in [5, 5.41) is 5.93. The lowest BCUT2D eigenvalue weighted by atomic mass is 10.0. The standard InChI is InChI=1S/C13H14N2O/c1-4-7-14-12-10-6-5-8(2)9(3)11(10)15-13(12)16/h1,5-6,12,14H,7H2,2-3H3,(H,15,16). The molecule has 2 rings (SSSR count). The molecule has 0 fully saturated rings. The van der Waals surface area contributed by atoms with Crippen LogP contribution in [0.25, 0.3) is 0 Å². The van der Waals surface area contributed by atoms with Gasteiger partial charge in [0.05, 0.1) is 6.54 Å². The third-order valence-electron chi connectivity index (χ3n) is 3.00. The van der Waals surface area contributed by atoms with Crippen LogP contribution in [-0.2, 0) is 4.79 Å². The van der Waals surface area contributed by atoms with Gasteiger partial charge in [0.2, 0.25) is 5.91 Å². The van der Waals surface area contributed by atoms with Gasteiger partial charge in [-0.25, -0.2) is 0 Å². The molecule has 1 aliphatic rings. The van der Waals surface area contributed by atoms with Crippen LogP contribution in [0.2, 0.25) is 0 Å². The van der Waals surface area contributed by atoms with E-state index in [1.54, 1.807) is 0 Å². The summed E-state index contributed by atoms with van der Waals surface area (Å²) in [5.74, 6) is 2.45. The van der Waals surface area contributed by atoms with Crippen molar-refractivity contribution in [2.24, 2.45) is 0 Å². The van der Waals surface area contributed by atoms with Crippen LogP contribution in [0.3, 0.4) is 0 Å². The van der Waals surface area contributed by atoms with Crippen molar-refractivity contribution >= 4 is 11.6 Å². The van der Waals surface area contributed by atoms with Crippen LogP contribution in [0, 0.1) is 26.2 Å². The summed E-state index contributed by atoms with van der Waals surface area (Å²) >= 11 is 0.